The van der Waals surface area contributed by atoms with E-state index in [0.29, 0.717) is 28.9 Å². The van der Waals surface area contributed by atoms with Gasteiger partial charge in [-0.1, -0.05) is 12.8 Å². The average Bonchev–Trinajstić information content (AvgIpc) is 2.93. The summed E-state index contributed by atoms with van der Waals surface area (Å²) < 4.78 is 39.7. The number of aromatic nitrogens is 1. The normalized spacial score (nSPS) is 30.7. The Bertz CT molecular complexity index is 583. The first-order valence-corrected chi connectivity index (χ1v) is 9.20. The molecule has 1 aromatic heterocycles. The number of hydrogen-bond donors (Lipinski definition) is 2. The summed E-state index contributed by atoms with van der Waals surface area (Å²) in [5.41, 5.74) is 0. The van der Waals surface area contributed by atoms with Crippen LogP contribution < -0.4 is 10.6 Å². The van der Waals surface area contributed by atoms with Gasteiger partial charge >= 0.3 is 6.18 Å². The van der Waals surface area contributed by atoms with E-state index in [-0.39, 0.29) is 18.2 Å². The fourth-order valence-electron chi connectivity index (χ4n) is 3.65. The Balaban J connectivity index is 1.63. The average molecular weight is 361 g/mol. The number of nitrogens with one attached hydrogen (secondary N) is 2. The molecule has 3 rings (SSSR count). The number of carbonyl (C=O) groups excluding carboxylic acids is 1. The third-order valence-corrected chi connectivity index (χ3v) is 6.27. The van der Waals surface area contributed by atoms with Crippen molar-refractivity contribution in [2.45, 2.75) is 56.7 Å². The van der Waals surface area contributed by atoms with Gasteiger partial charge < -0.3 is 10.6 Å². The Morgan fingerprint density at radius 1 is 1.29 bits per heavy atom. The van der Waals surface area contributed by atoms with Gasteiger partial charge in [-0.3, -0.25) is 4.79 Å². The van der Waals surface area contributed by atoms with Gasteiger partial charge in [0.15, 0.2) is 5.13 Å². The van der Waals surface area contributed by atoms with Crippen LogP contribution in [-0.4, -0.2) is 30.2 Å². The summed E-state index contributed by atoms with van der Waals surface area (Å²) in [6.45, 7) is 0. The molecule has 0 aliphatic heterocycles. The molecule has 0 unspecified atom stereocenters. The zero-order valence-electron chi connectivity index (χ0n) is 13.5. The Morgan fingerprint density at radius 3 is 2.67 bits per heavy atom. The summed E-state index contributed by atoms with van der Waals surface area (Å²) in [5.74, 6) is -1.94. The van der Waals surface area contributed by atoms with Gasteiger partial charge in [0.1, 0.15) is 0 Å². The van der Waals surface area contributed by atoms with E-state index in [1.807, 2.05) is 7.05 Å². The van der Waals surface area contributed by atoms with Crippen LogP contribution in [0, 0.1) is 11.8 Å². The first-order chi connectivity index (χ1) is 11.4. The highest BCUT2D eigenvalue weighted by Gasteiger charge is 2.46. The molecule has 0 spiro atoms. The molecule has 0 radical (unpaired) electrons. The van der Waals surface area contributed by atoms with Crippen LogP contribution in [0.4, 0.5) is 18.3 Å². The molecule has 134 valence electrons. The van der Waals surface area contributed by atoms with E-state index in [2.05, 4.69) is 15.6 Å². The summed E-state index contributed by atoms with van der Waals surface area (Å²) in [6, 6.07) is 0.377. The second kappa shape index (κ2) is 7.00. The molecule has 0 aromatic carbocycles. The first-order valence-electron chi connectivity index (χ1n) is 8.39. The van der Waals surface area contributed by atoms with Crippen molar-refractivity contribution in [3.63, 3.8) is 0 Å². The molecule has 2 aliphatic rings. The van der Waals surface area contributed by atoms with E-state index in [0.717, 1.165) is 19.3 Å². The topological polar surface area (TPSA) is 54.0 Å². The number of alkyl halides is 3. The van der Waals surface area contributed by atoms with Gasteiger partial charge in [0.05, 0.1) is 5.92 Å². The zero-order valence-corrected chi connectivity index (χ0v) is 14.3. The van der Waals surface area contributed by atoms with Crippen LogP contribution in [0.1, 0.15) is 49.3 Å². The molecule has 2 saturated carbocycles. The monoisotopic (exact) mass is 361 g/mol. The number of carbonyl (C=O) groups is 1. The lowest BCUT2D eigenvalue weighted by Gasteiger charge is -2.33. The maximum Gasteiger partial charge on any atom is 0.392 e. The van der Waals surface area contributed by atoms with Crippen molar-refractivity contribution in [3.8, 4) is 0 Å². The molecule has 2 atom stereocenters. The van der Waals surface area contributed by atoms with Crippen LogP contribution in [0.25, 0.3) is 0 Å². The van der Waals surface area contributed by atoms with Gasteiger partial charge in [-0.2, -0.15) is 13.2 Å². The van der Waals surface area contributed by atoms with Gasteiger partial charge in [0.2, 0.25) is 5.91 Å². The molecule has 2 fully saturated rings. The predicted octanol–water partition coefficient (Wildman–Crippen LogP) is 3.92. The molecule has 4 nitrogen and oxygen atoms in total. The molecule has 1 heterocycles. The Morgan fingerprint density at radius 2 is 2.00 bits per heavy atom. The highest BCUT2D eigenvalue weighted by atomic mass is 32.1. The van der Waals surface area contributed by atoms with E-state index in [1.165, 1.54) is 17.5 Å². The molecule has 2 N–H and O–H groups in total. The molecule has 24 heavy (non-hydrogen) atoms. The summed E-state index contributed by atoms with van der Waals surface area (Å²) in [4.78, 5) is 16.9. The predicted molar refractivity (Wildman–Crippen MR) is 87.1 cm³/mol. The van der Waals surface area contributed by atoms with E-state index in [9.17, 15) is 18.0 Å². The van der Waals surface area contributed by atoms with Crippen molar-refractivity contribution < 1.29 is 18.0 Å². The first kappa shape index (κ1) is 17.7. The summed E-state index contributed by atoms with van der Waals surface area (Å²) in [7, 11) is 1.87. The third-order valence-electron chi connectivity index (χ3n) is 5.22. The molecule has 1 amide bonds. The molecule has 0 bridgehead atoms. The van der Waals surface area contributed by atoms with E-state index in [4.69, 9.17) is 0 Å². The van der Waals surface area contributed by atoms with Gasteiger partial charge in [-0.05, 0) is 32.7 Å². The lowest BCUT2D eigenvalue weighted by molar-refractivity contribution is -0.187. The number of anilines is 1. The van der Waals surface area contributed by atoms with Crippen LogP contribution in [0.2, 0.25) is 0 Å². The van der Waals surface area contributed by atoms with Crippen molar-refractivity contribution in [2.24, 2.45) is 11.8 Å². The second-order valence-corrected chi connectivity index (χ2v) is 7.81. The quantitative estimate of drug-likeness (QED) is 0.855. The van der Waals surface area contributed by atoms with Crippen LogP contribution in [0.5, 0.6) is 0 Å². The molecular weight excluding hydrogens is 339 g/mol. The fourth-order valence-corrected chi connectivity index (χ4v) is 4.67. The number of halogens is 3. The number of amides is 1. The van der Waals surface area contributed by atoms with Crippen molar-refractivity contribution >= 4 is 22.4 Å². The van der Waals surface area contributed by atoms with E-state index >= 15 is 0 Å². The summed E-state index contributed by atoms with van der Waals surface area (Å²) in [6.07, 6.45) is 1.06. The van der Waals surface area contributed by atoms with Crippen molar-refractivity contribution in [1.29, 1.82) is 0 Å². The Kier molecular flexibility index (Phi) is 5.15. The maximum atomic E-state index is 13.2. The fraction of sp³-hybridized carbons (Fsp3) is 0.750. The number of hydrogen-bond acceptors (Lipinski definition) is 4. The van der Waals surface area contributed by atoms with E-state index in [1.54, 1.807) is 0 Å². The lowest BCUT2D eigenvalue weighted by Crippen LogP contribution is -2.44. The third kappa shape index (κ3) is 3.74. The highest BCUT2D eigenvalue weighted by molar-refractivity contribution is 7.15. The molecule has 1 aromatic rings. The van der Waals surface area contributed by atoms with Crippen molar-refractivity contribution in [2.75, 3.05) is 12.4 Å². The van der Waals surface area contributed by atoms with Crippen LogP contribution in [-0.2, 0) is 4.79 Å². The van der Waals surface area contributed by atoms with Crippen LogP contribution in [0.3, 0.4) is 0 Å². The van der Waals surface area contributed by atoms with Crippen molar-refractivity contribution in [1.82, 2.24) is 10.3 Å². The number of nitrogens with zero attached hydrogens (tertiary/aromatic N) is 1. The highest BCUT2D eigenvalue weighted by Crippen LogP contribution is 2.48. The summed E-state index contributed by atoms with van der Waals surface area (Å²) in [5, 5.41) is 6.29. The molecule has 8 heteroatoms. The minimum atomic E-state index is -4.17. The molecule has 0 saturated heterocycles. The minimum Gasteiger partial charge on any atom is -0.317 e. The molecular formula is C16H22F3N3OS. The van der Waals surface area contributed by atoms with Gasteiger partial charge in [-0.25, -0.2) is 4.98 Å². The van der Waals surface area contributed by atoms with Gasteiger partial charge in [-0.15, -0.1) is 11.3 Å². The number of rotatable bonds is 4. The van der Waals surface area contributed by atoms with Gasteiger partial charge in [0, 0.05) is 29.0 Å². The second-order valence-electron chi connectivity index (χ2n) is 6.75. The Hall–Kier alpha value is -1.15. The largest absolute Gasteiger partial charge is 0.392 e. The standard InChI is InChI=1S/C16H22F3N3OS/c1-20-10-6-9(7-10)14(23)22-15-21-8-13(24-15)11-4-2-3-5-12(11)16(17,18)19/h8-12,20H,2-7H2,1H3,(H,21,22,23)/t9-,10-,11-,12-/m1/s1. The smallest absolute Gasteiger partial charge is 0.317 e. The van der Waals surface area contributed by atoms with Crippen LogP contribution in [0.15, 0.2) is 6.20 Å². The minimum absolute atomic E-state index is 0.0348. The molecule has 2 aliphatic carbocycles. The van der Waals surface area contributed by atoms with E-state index < -0.39 is 18.0 Å². The lowest BCUT2D eigenvalue weighted by atomic mass is 9.78. The van der Waals surface area contributed by atoms with Crippen LogP contribution >= 0.6 is 11.3 Å². The Labute approximate surface area is 143 Å². The zero-order chi connectivity index (χ0) is 17.3. The summed E-state index contributed by atoms with van der Waals surface area (Å²) >= 11 is 1.19. The number of thiazole rings is 1. The maximum absolute atomic E-state index is 13.2. The SMILES string of the molecule is CN[C@H]1C[C@H](C(=O)Nc2ncc([C@@H]3CCCC[C@H]3C(F)(F)F)s2)C1. The van der Waals surface area contributed by atoms with Crippen molar-refractivity contribution in [3.05, 3.63) is 11.1 Å². The van der Waals surface area contributed by atoms with Gasteiger partial charge in [0.25, 0.3) is 0 Å².